The number of sulfone groups is 1. The molecular formula is C37H42O5S. The van der Waals surface area contributed by atoms with E-state index in [0.29, 0.717) is 24.5 Å². The number of ether oxygens (including phenoxy) is 3. The number of hydrogen-bond donors (Lipinski definition) is 0. The van der Waals surface area contributed by atoms with Crippen LogP contribution in [0.4, 0.5) is 0 Å². The van der Waals surface area contributed by atoms with Crippen molar-refractivity contribution in [2.75, 3.05) is 19.2 Å². The fourth-order valence-electron chi connectivity index (χ4n) is 5.06. The van der Waals surface area contributed by atoms with E-state index in [0.717, 1.165) is 57.4 Å². The molecule has 0 atom stereocenters. The monoisotopic (exact) mass is 598 g/mol. The van der Waals surface area contributed by atoms with Crippen LogP contribution in [0.5, 0.6) is 11.5 Å². The summed E-state index contributed by atoms with van der Waals surface area (Å²) in [5.74, 6) is 1.71. The van der Waals surface area contributed by atoms with Crippen molar-refractivity contribution in [1.82, 2.24) is 0 Å². The van der Waals surface area contributed by atoms with E-state index in [1.165, 1.54) is 5.57 Å². The van der Waals surface area contributed by atoms with Crippen molar-refractivity contribution in [1.29, 1.82) is 0 Å². The molecule has 5 nitrogen and oxygen atoms in total. The normalized spacial score (nSPS) is 12.5. The number of benzene rings is 4. The number of hydrogen-bond acceptors (Lipinski definition) is 5. The summed E-state index contributed by atoms with van der Waals surface area (Å²) in [5.41, 5.74) is 5.31. The zero-order valence-corrected chi connectivity index (χ0v) is 26.5. The van der Waals surface area contributed by atoms with Gasteiger partial charge < -0.3 is 14.2 Å². The van der Waals surface area contributed by atoms with E-state index in [1.54, 1.807) is 24.3 Å². The summed E-state index contributed by atoms with van der Waals surface area (Å²) in [5, 5.41) is 2.01. The minimum Gasteiger partial charge on any atom is -0.488 e. The molecule has 0 heterocycles. The Hall–Kier alpha value is -3.87. The molecule has 0 amide bonds. The lowest BCUT2D eigenvalue weighted by Crippen LogP contribution is -2.08. The Morgan fingerprint density at radius 1 is 0.767 bits per heavy atom. The number of allylic oxidation sites excluding steroid dienone is 3. The largest absolute Gasteiger partial charge is 0.488 e. The maximum Gasteiger partial charge on any atom is 0.189 e. The summed E-state index contributed by atoms with van der Waals surface area (Å²) in [6, 6.07) is 27.0. The predicted octanol–water partition coefficient (Wildman–Crippen LogP) is 8.79. The Labute approximate surface area is 256 Å². The molecule has 0 spiro atoms. The molecule has 43 heavy (non-hydrogen) atoms. The summed E-state index contributed by atoms with van der Waals surface area (Å²) in [6.07, 6.45) is 6.55. The van der Waals surface area contributed by atoms with Gasteiger partial charge in [0.1, 0.15) is 18.1 Å². The van der Waals surface area contributed by atoms with Crippen molar-refractivity contribution in [3.05, 3.63) is 125 Å². The third-order valence-corrected chi connectivity index (χ3v) is 9.23. The summed E-state index contributed by atoms with van der Waals surface area (Å²) < 4.78 is 43.7. The SMILES string of the molecule is CCOCOc1c(C/C=C(\C)CC/C=C(\C)CS(=O)(=O)c2ccccc2)c(C)c(OCc2ccccc2)c2ccccc12. The molecular weight excluding hydrogens is 556 g/mol. The van der Waals surface area contributed by atoms with Crippen LogP contribution in [-0.2, 0) is 27.6 Å². The van der Waals surface area contributed by atoms with Gasteiger partial charge in [-0.25, -0.2) is 8.42 Å². The van der Waals surface area contributed by atoms with E-state index in [-0.39, 0.29) is 12.5 Å². The highest BCUT2D eigenvalue weighted by Crippen LogP contribution is 2.41. The highest BCUT2D eigenvalue weighted by molar-refractivity contribution is 7.91. The average molecular weight is 599 g/mol. The Kier molecular flexibility index (Phi) is 11.6. The molecule has 0 radical (unpaired) electrons. The second-order valence-electron chi connectivity index (χ2n) is 10.8. The van der Waals surface area contributed by atoms with Gasteiger partial charge in [-0.15, -0.1) is 0 Å². The maximum absolute atomic E-state index is 12.7. The molecule has 6 heteroatoms. The third-order valence-electron chi connectivity index (χ3n) is 7.41. The van der Waals surface area contributed by atoms with E-state index in [4.69, 9.17) is 14.2 Å². The van der Waals surface area contributed by atoms with Gasteiger partial charge in [-0.2, -0.15) is 0 Å². The Morgan fingerprint density at radius 3 is 2.07 bits per heavy atom. The van der Waals surface area contributed by atoms with Crippen LogP contribution in [0.2, 0.25) is 0 Å². The summed E-state index contributed by atoms with van der Waals surface area (Å²) >= 11 is 0. The first-order valence-electron chi connectivity index (χ1n) is 14.8. The van der Waals surface area contributed by atoms with E-state index in [9.17, 15) is 8.42 Å². The lowest BCUT2D eigenvalue weighted by atomic mass is 9.95. The van der Waals surface area contributed by atoms with E-state index in [2.05, 4.69) is 44.2 Å². The van der Waals surface area contributed by atoms with Crippen molar-refractivity contribution in [2.45, 2.75) is 58.5 Å². The van der Waals surface area contributed by atoms with Gasteiger partial charge in [0.25, 0.3) is 0 Å². The molecule has 0 aliphatic heterocycles. The maximum atomic E-state index is 12.7. The zero-order chi connectivity index (χ0) is 30.7. The molecule has 4 rings (SSSR count). The molecule has 0 fully saturated rings. The molecule has 0 aliphatic rings. The van der Waals surface area contributed by atoms with Crippen LogP contribution in [0.1, 0.15) is 50.3 Å². The Bertz CT molecular complexity index is 1660. The summed E-state index contributed by atoms with van der Waals surface area (Å²) in [6.45, 7) is 9.28. The highest BCUT2D eigenvalue weighted by atomic mass is 32.2. The molecule has 0 aliphatic carbocycles. The van der Waals surface area contributed by atoms with Gasteiger partial charge in [0.05, 0.1) is 10.6 Å². The number of fused-ring (bicyclic) bond motifs is 1. The highest BCUT2D eigenvalue weighted by Gasteiger charge is 2.19. The quantitative estimate of drug-likeness (QED) is 0.0778. The smallest absolute Gasteiger partial charge is 0.189 e. The van der Waals surface area contributed by atoms with Gasteiger partial charge in [-0.1, -0.05) is 96.1 Å². The zero-order valence-electron chi connectivity index (χ0n) is 25.6. The molecule has 0 unspecified atom stereocenters. The van der Waals surface area contributed by atoms with Crippen molar-refractivity contribution >= 4 is 20.6 Å². The Balaban J connectivity index is 1.54. The molecule has 0 bridgehead atoms. The van der Waals surface area contributed by atoms with Crippen LogP contribution in [0.25, 0.3) is 10.8 Å². The van der Waals surface area contributed by atoms with Gasteiger partial charge in [0.15, 0.2) is 16.6 Å². The van der Waals surface area contributed by atoms with Gasteiger partial charge in [0, 0.05) is 22.9 Å². The van der Waals surface area contributed by atoms with Crippen LogP contribution in [0.3, 0.4) is 0 Å². The van der Waals surface area contributed by atoms with Gasteiger partial charge in [-0.3, -0.25) is 0 Å². The fourth-order valence-corrected chi connectivity index (χ4v) is 6.51. The second kappa shape index (κ2) is 15.6. The van der Waals surface area contributed by atoms with E-state index < -0.39 is 9.84 Å². The predicted molar refractivity (Wildman–Crippen MR) is 176 cm³/mol. The van der Waals surface area contributed by atoms with Crippen molar-refractivity contribution in [3.63, 3.8) is 0 Å². The fraction of sp³-hybridized carbons (Fsp3) is 0.297. The average Bonchev–Trinajstić information content (AvgIpc) is 3.01. The van der Waals surface area contributed by atoms with E-state index >= 15 is 0 Å². The molecule has 0 saturated carbocycles. The lowest BCUT2D eigenvalue weighted by Gasteiger charge is -2.21. The van der Waals surface area contributed by atoms with Crippen LogP contribution < -0.4 is 9.47 Å². The lowest BCUT2D eigenvalue weighted by molar-refractivity contribution is 0.0228. The topological polar surface area (TPSA) is 61.8 Å². The minimum atomic E-state index is -3.34. The third kappa shape index (κ3) is 8.82. The molecule has 0 saturated heterocycles. The summed E-state index contributed by atoms with van der Waals surface area (Å²) in [4.78, 5) is 0.360. The first-order valence-corrected chi connectivity index (χ1v) is 16.5. The standard InChI is InChI=1S/C37H42O5S/c1-5-40-27-42-37-33(24-23-28(2)15-14-16-29(3)26-43(38,39)32-19-10-7-11-20-32)30(4)36(34-21-12-13-22-35(34)37)41-25-31-17-8-6-9-18-31/h6-13,16-23H,5,14-15,24-27H2,1-4H3/b28-23+,29-16+. The van der Waals surface area contributed by atoms with Crippen molar-refractivity contribution < 1.29 is 22.6 Å². The van der Waals surface area contributed by atoms with Gasteiger partial charge >= 0.3 is 0 Å². The number of rotatable bonds is 15. The first kappa shape index (κ1) is 32.1. The van der Waals surface area contributed by atoms with Crippen molar-refractivity contribution in [2.24, 2.45) is 0 Å². The first-order chi connectivity index (χ1) is 20.8. The molecule has 4 aromatic rings. The second-order valence-corrected chi connectivity index (χ2v) is 12.7. The minimum absolute atomic E-state index is 0.0301. The molecule has 4 aromatic carbocycles. The van der Waals surface area contributed by atoms with Crippen LogP contribution in [0, 0.1) is 6.92 Å². The van der Waals surface area contributed by atoms with Gasteiger partial charge in [0.2, 0.25) is 0 Å². The van der Waals surface area contributed by atoms with Crippen molar-refractivity contribution in [3.8, 4) is 11.5 Å². The van der Waals surface area contributed by atoms with E-state index in [1.807, 2.05) is 56.3 Å². The van der Waals surface area contributed by atoms with Crippen LogP contribution in [-0.4, -0.2) is 27.6 Å². The Morgan fingerprint density at radius 2 is 1.40 bits per heavy atom. The summed E-state index contributed by atoms with van der Waals surface area (Å²) in [7, 11) is -3.34. The molecule has 0 aromatic heterocycles. The van der Waals surface area contributed by atoms with Crippen LogP contribution >= 0.6 is 0 Å². The van der Waals surface area contributed by atoms with Crippen LogP contribution in [0.15, 0.2) is 113 Å². The molecule has 0 N–H and O–H groups in total. The van der Waals surface area contributed by atoms with Gasteiger partial charge in [-0.05, 0) is 70.2 Å². The molecule has 226 valence electrons.